The second-order valence-electron chi connectivity index (χ2n) is 5.55. The number of carbonyl (C=O) groups is 2. The summed E-state index contributed by atoms with van der Waals surface area (Å²) in [5.74, 6) is 0.735. The van der Waals surface area contributed by atoms with Crippen molar-refractivity contribution in [1.29, 1.82) is 0 Å². The van der Waals surface area contributed by atoms with Crippen LogP contribution in [0.25, 0.3) is 0 Å². The minimum atomic E-state index is -0.347. The Labute approximate surface area is 124 Å². The van der Waals surface area contributed by atoms with Crippen LogP contribution in [0.4, 0.5) is 0 Å². The van der Waals surface area contributed by atoms with Gasteiger partial charge < -0.3 is 15.0 Å². The molecule has 2 amide bonds. The first-order valence-electron chi connectivity index (χ1n) is 7.49. The molecular weight excluding hydrogens is 268 g/mol. The highest BCUT2D eigenvalue weighted by atomic mass is 16.5. The molecule has 0 aliphatic carbocycles. The van der Waals surface area contributed by atoms with Gasteiger partial charge in [-0.15, -0.1) is 0 Å². The molecule has 0 saturated carbocycles. The summed E-state index contributed by atoms with van der Waals surface area (Å²) in [6, 6.07) is 5.21. The van der Waals surface area contributed by atoms with E-state index in [1.165, 1.54) is 0 Å². The Balaban J connectivity index is 1.84. The lowest BCUT2D eigenvalue weighted by Gasteiger charge is -2.34. The predicted octanol–water partition coefficient (Wildman–Crippen LogP) is 1.36. The van der Waals surface area contributed by atoms with Gasteiger partial charge in [-0.05, 0) is 43.0 Å². The highest BCUT2D eigenvalue weighted by molar-refractivity contribution is 5.98. The Hall–Kier alpha value is -2.04. The number of piperidine rings is 1. The average Bonchev–Trinajstić information content (AvgIpc) is 3.01. The molecule has 5 heteroatoms. The van der Waals surface area contributed by atoms with Gasteiger partial charge in [0.05, 0.1) is 6.61 Å². The minimum absolute atomic E-state index is 0.0574. The zero-order chi connectivity index (χ0) is 14.8. The summed E-state index contributed by atoms with van der Waals surface area (Å²) in [4.78, 5) is 26.4. The number of rotatable bonds is 2. The first-order valence-corrected chi connectivity index (χ1v) is 7.49. The highest BCUT2D eigenvalue weighted by Crippen LogP contribution is 2.27. The molecule has 2 aliphatic rings. The second kappa shape index (κ2) is 5.76. The molecule has 0 aromatic heterocycles. The number of nitrogens with one attached hydrogen (secondary N) is 1. The summed E-state index contributed by atoms with van der Waals surface area (Å²) in [6.07, 6.45) is 3.52. The van der Waals surface area contributed by atoms with Gasteiger partial charge in [-0.25, -0.2) is 0 Å². The molecule has 0 radical (unpaired) electrons. The SMILES string of the molecule is CNC(=O)[C@H]1CCCCN1C(=O)c1ccc2c(c1)CCO2. The van der Waals surface area contributed by atoms with E-state index in [0.717, 1.165) is 37.0 Å². The summed E-state index contributed by atoms with van der Waals surface area (Å²) in [5, 5.41) is 2.66. The van der Waals surface area contributed by atoms with Crippen molar-refractivity contribution in [3.63, 3.8) is 0 Å². The van der Waals surface area contributed by atoms with Gasteiger partial charge >= 0.3 is 0 Å². The van der Waals surface area contributed by atoms with Gasteiger partial charge in [-0.3, -0.25) is 9.59 Å². The number of hydrogen-bond acceptors (Lipinski definition) is 3. The number of benzene rings is 1. The Morgan fingerprint density at radius 2 is 2.19 bits per heavy atom. The molecular formula is C16H20N2O3. The van der Waals surface area contributed by atoms with Crippen LogP contribution >= 0.6 is 0 Å². The first kappa shape index (κ1) is 13.9. The van der Waals surface area contributed by atoms with E-state index in [1.807, 2.05) is 12.1 Å². The van der Waals surface area contributed by atoms with Crippen LogP contribution in [0.1, 0.15) is 35.2 Å². The van der Waals surface area contributed by atoms with Crippen LogP contribution in [0.15, 0.2) is 18.2 Å². The first-order chi connectivity index (χ1) is 10.2. The van der Waals surface area contributed by atoms with Crippen molar-refractivity contribution in [3.8, 4) is 5.75 Å². The van der Waals surface area contributed by atoms with Crippen molar-refractivity contribution in [3.05, 3.63) is 29.3 Å². The van der Waals surface area contributed by atoms with Crippen LogP contribution in [-0.4, -0.2) is 43.0 Å². The van der Waals surface area contributed by atoms with Gasteiger partial charge in [0.2, 0.25) is 5.91 Å². The zero-order valence-corrected chi connectivity index (χ0v) is 12.2. The van der Waals surface area contributed by atoms with Gasteiger partial charge in [-0.2, -0.15) is 0 Å². The maximum atomic E-state index is 12.7. The Kier molecular flexibility index (Phi) is 3.82. The van der Waals surface area contributed by atoms with E-state index in [4.69, 9.17) is 4.74 Å². The van der Waals surface area contributed by atoms with E-state index in [1.54, 1.807) is 18.0 Å². The maximum Gasteiger partial charge on any atom is 0.254 e. The minimum Gasteiger partial charge on any atom is -0.493 e. The van der Waals surface area contributed by atoms with Crippen LogP contribution in [0.3, 0.4) is 0 Å². The lowest BCUT2D eigenvalue weighted by molar-refractivity contribution is -0.126. The molecule has 21 heavy (non-hydrogen) atoms. The van der Waals surface area contributed by atoms with Crippen LogP contribution in [0, 0.1) is 0 Å². The monoisotopic (exact) mass is 288 g/mol. The number of carbonyl (C=O) groups excluding carboxylic acids is 2. The molecule has 1 N–H and O–H groups in total. The number of amides is 2. The van der Waals surface area contributed by atoms with Crippen LogP contribution in [-0.2, 0) is 11.2 Å². The summed E-state index contributed by atoms with van der Waals surface area (Å²) < 4.78 is 5.47. The second-order valence-corrected chi connectivity index (χ2v) is 5.55. The maximum absolute atomic E-state index is 12.7. The van der Waals surface area contributed by atoms with Crippen LogP contribution in [0.5, 0.6) is 5.75 Å². The number of likely N-dealkylation sites (N-methyl/N-ethyl adjacent to an activating group) is 1. The van der Waals surface area contributed by atoms with Crippen molar-refractivity contribution < 1.29 is 14.3 Å². The lowest BCUT2D eigenvalue weighted by Crippen LogP contribution is -2.51. The number of nitrogens with zero attached hydrogens (tertiary/aromatic N) is 1. The number of ether oxygens (including phenoxy) is 1. The van der Waals surface area contributed by atoms with E-state index < -0.39 is 0 Å². The van der Waals surface area contributed by atoms with Crippen molar-refractivity contribution in [1.82, 2.24) is 10.2 Å². The average molecular weight is 288 g/mol. The molecule has 0 spiro atoms. The largest absolute Gasteiger partial charge is 0.493 e. The number of fused-ring (bicyclic) bond motifs is 1. The summed E-state index contributed by atoms with van der Waals surface area (Å²) in [6.45, 7) is 1.32. The van der Waals surface area contributed by atoms with Gasteiger partial charge in [0, 0.05) is 25.6 Å². The molecule has 2 heterocycles. The van der Waals surface area contributed by atoms with Crippen LogP contribution < -0.4 is 10.1 Å². The third-order valence-electron chi connectivity index (χ3n) is 4.25. The molecule has 1 aromatic rings. The fourth-order valence-corrected chi connectivity index (χ4v) is 3.10. The summed E-state index contributed by atoms with van der Waals surface area (Å²) in [7, 11) is 1.62. The Morgan fingerprint density at radius 1 is 1.33 bits per heavy atom. The zero-order valence-electron chi connectivity index (χ0n) is 12.2. The Bertz CT molecular complexity index is 571. The van der Waals surface area contributed by atoms with Crippen molar-refractivity contribution >= 4 is 11.8 Å². The molecule has 5 nitrogen and oxygen atoms in total. The van der Waals surface area contributed by atoms with Crippen molar-refractivity contribution in [2.75, 3.05) is 20.2 Å². The summed E-state index contributed by atoms with van der Waals surface area (Å²) in [5.41, 5.74) is 1.73. The molecule has 3 rings (SSSR count). The molecule has 1 saturated heterocycles. The molecule has 112 valence electrons. The fourth-order valence-electron chi connectivity index (χ4n) is 3.10. The quantitative estimate of drug-likeness (QED) is 0.894. The van der Waals surface area contributed by atoms with Gasteiger partial charge in [-0.1, -0.05) is 0 Å². The van der Waals surface area contributed by atoms with Gasteiger partial charge in [0.15, 0.2) is 0 Å². The van der Waals surface area contributed by atoms with E-state index in [-0.39, 0.29) is 17.9 Å². The molecule has 1 fully saturated rings. The normalized spacial score (nSPS) is 20.6. The van der Waals surface area contributed by atoms with E-state index >= 15 is 0 Å². The summed E-state index contributed by atoms with van der Waals surface area (Å²) >= 11 is 0. The molecule has 1 aromatic carbocycles. The number of hydrogen-bond donors (Lipinski definition) is 1. The van der Waals surface area contributed by atoms with Crippen molar-refractivity contribution in [2.45, 2.75) is 31.7 Å². The topological polar surface area (TPSA) is 58.6 Å². The fraction of sp³-hybridized carbons (Fsp3) is 0.500. The van der Waals surface area contributed by atoms with E-state index in [2.05, 4.69) is 5.32 Å². The molecule has 1 atom stereocenters. The number of likely N-dealkylation sites (tertiary alicyclic amines) is 1. The molecule has 0 unspecified atom stereocenters. The smallest absolute Gasteiger partial charge is 0.254 e. The standard InChI is InChI=1S/C16H20N2O3/c1-17-15(19)13-4-2-3-8-18(13)16(20)12-5-6-14-11(10-12)7-9-21-14/h5-6,10,13H,2-4,7-9H2,1H3,(H,17,19)/t13-/m1/s1. The lowest BCUT2D eigenvalue weighted by atomic mass is 9.99. The molecule has 0 bridgehead atoms. The highest BCUT2D eigenvalue weighted by Gasteiger charge is 2.32. The van der Waals surface area contributed by atoms with Gasteiger partial charge in [0.1, 0.15) is 11.8 Å². The third kappa shape index (κ3) is 2.60. The molecule has 2 aliphatic heterocycles. The van der Waals surface area contributed by atoms with Crippen molar-refractivity contribution in [2.24, 2.45) is 0 Å². The predicted molar refractivity (Wildman–Crippen MR) is 78.4 cm³/mol. The van der Waals surface area contributed by atoms with E-state index in [0.29, 0.717) is 18.7 Å². The Morgan fingerprint density at radius 3 is 3.00 bits per heavy atom. The van der Waals surface area contributed by atoms with Gasteiger partial charge in [0.25, 0.3) is 5.91 Å². The van der Waals surface area contributed by atoms with Crippen LogP contribution in [0.2, 0.25) is 0 Å². The van der Waals surface area contributed by atoms with E-state index in [9.17, 15) is 9.59 Å². The third-order valence-corrected chi connectivity index (χ3v) is 4.25.